The molecule has 0 aliphatic heterocycles. The highest BCUT2D eigenvalue weighted by atomic mass is 32.1. The molecule has 0 bridgehead atoms. The maximum absolute atomic E-state index is 13.7. The molecular formula is C20H12FN3S. The van der Waals surface area contributed by atoms with Gasteiger partial charge < -0.3 is 0 Å². The molecule has 5 heteroatoms. The molecule has 0 N–H and O–H groups in total. The van der Waals surface area contributed by atoms with Crippen molar-refractivity contribution in [2.75, 3.05) is 0 Å². The van der Waals surface area contributed by atoms with E-state index in [-0.39, 0.29) is 5.82 Å². The molecule has 120 valence electrons. The van der Waals surface area contributed by atoms with Crippen LogP contribution >= 0.6 is 11.3 Å². The molecule has 3 aromatic heterocycles. The fourth-order valence-electron chi connectivity index (χ4n) is 3.11. The maximum atomic E-state index is 13.7. The Balaban J connectivity index is 1.84. The molecule has 0 spiro atoms. The van der Waals surface area contributed by atoms with Gasteiger partial charge in [0.2, 0.25) is 0 Å². The first-order valence-corrected chi connectivity index (χ1v) is 8.73. The first kappa shape index (κ1) is 14.3. The molecule has 0 aliphatic rings. The molecule has 3 nitrogen and oxygen atoms in total. The number of benzene rings is 2. The molecule has 2 aromatic carbocycles. The van der Waals surface area contributed by atoms with Crippen molar-refractivity contribution in [1.82, 2.24) is 14.5 Å². The summed E-state index contributed by atoms with van der Waals surface area (Å²) in [6, 6.07) is 16.9. The summed E-state index contributed by atoms with van der Waals surface area (Å²) in [7, 11) is 0. The van der Waals surface area contributed by atoms with Gasteiger partial charge >= 0.3 is 0 Å². The number of hydrogen-bond acceptors (Lipinski definition) is 3. The van der Waals surface area contributed by atoms with Crippen LogP contribution in [0.4, 0.5) is 4.39 Å². The van der Waals surface area contributed by atoms with E-state index < -0.39 is 0 Å². The lowest BCUT2D eigenvalue weighted by Gasteiger charge is -2.08. The highest BCUT2D eigenvalue weighted by Crippen LogP contribution is 2.31. The number of aromatic nitrogens is 3. The summed E-state index contributed by atoms with van der Waals surface area (Å²) in [6.45, 7) is 0. The zero-order valence-electron chi connectivity index (χ0n) is 13.1. The summed E-state index contributed by atoms with van der Waals surface area (Å²) in [5.41, 5.74) is 4.51. The summed E-state index contributed by atoms with van der Waals surface area (Å²) in [6.07, 6.45) is 3.48. The predicted octanol–water partition coefficient (Wildman–Crippen LogP) is 5.44. The van der Waals surface area contributed by atoms with Crippen molar-refractivity contribution in [2.24, 2.45) is 0 Å². The number of fused-ring (bicyclic) bond motifs is 3. The van der Waals surface area contributed by atoms with Crippen LogP contribution in [0.5, 0.6) is 0 Å². The fourth-order valence-corrected chi connectivity index (χ4v) is 3.84. The van der Waals surface area contributed by atoms with Gasteiger partial charge in [-0.15, -0.1) is 11.3 Å². The van der Waals surface area contributed by atoms with E-state index in [9.17, 15) is 4.39 Å². The van der Waals surface area contributed by atoms with Crippen LogP contribution in [0, 0.1) is 5.82 Å². The highest BCUT2D eigenvalue weighted by Gasteiger charge is 2.11. The van der Waals surface area contributed by atoms with Crippen molar-refractivity contribution in [1.29, 1.82) is 0 Å². The smallest absolute Gasteiger partial charge is 0.125 e. The van der Waals surface area contributed by atoms with Crippen molar-refractivity contribution < 1.29 is 4.39 Å². The summed E-state index contributed by atoms with van der Waals surface area (Å²) in [5.74, 6) is -0.267. The monoisotopic (exact) mass is 345 g/mol. The molecule has 0 atom stereocenters. The SMILES string of the molecule is Fc1cccc(-n2cnc3cnc4ccc(-c5cccs5)cc4c32)c1. The highest BCUT2D eigenvalue weighted by molar-refractivity contribution is 7.13. The van der Waals surface area contributed by atoms with E-state index >= 15 is 0 Å². The topological polar surface area (TPSA) is 30.7 Å². The maximum Gasteiger partial charge on any atom is 0.125 e. The molecule has 0 fully saturated rings. The Labute approximate surface area is 147 Å². The summed E-state index contributed by atoms with van der Waals surface area (Å²) in [5, 5.41) is 3.07. The van der Waals surface area contributed by atoms with Crippen molar-refractivity contribution in [2.45, 2.75) is 0 Å². The molecule has 0 radical (unpaired) electrons. The van der Waals surface area contributed by atoms with Gasteiger partial charge in [0.15, 0.2) is 0 Å². The van der Waals surface area contributed by atoms with Crippen molar-refractivity contribution in [3.8, 4) is 16.1 Å². The van der Waals surface area contributed by atoms with E-state index in [1.807, 2.05) is 22.8 Å². The molecule has 0 unspecified atom stereocenters. The Morgan fingerprint density at radius 3 is 2.72 bits per heavy atom. The number of thiophene rings is 1. The first-order chi connectivity index (χ1) is 12.3. The molecule has 3 heterocycles. The minimum atomic E-state index is -0.267. The number of hydrogen-bond donors (Lipinski definition) is 0. The molecular weight excluding hydrogens is 333 g/mol. The second kappa shape index (κ2) is 5.50. The van der Waals surface area contributed by atoms with Gasteiger partial charge in [0.05, 0.1) is 22.9 Å². The molecule has 0 saturated carbocycles. The lowest BCUT2D eigenvalue weighted by atomic mass is 10.1. The largest absolute Gasteiger partial charge is 0.298 e. The van der Waals surface area contributed by atoms with Crippen molar-refractivity contribution in [3.63, 3.8) is 0 Å². The average molecular weight is 345 g/mol. The van der Waals surface area contributed by atoms with E-state index in [2.05, 4.69) is 33.5 Å². The quantitative estimate of drug-likeness (QED) is 0.426. The van der Waals surface area contributed by atoms with Gasteiger partial charge in [-0.25, -0.2) is 9.37 Å². The Morgan fingerprint density at radius 1 is 0.920 bits per heavy atom. The van der Waals surface area contributed by atoms with Gasteiger partial charge in [-0.1, -0.05) is 18.2 Å². The number of imidazole rings is 1. The number of pyridine rings is 1. The Morgan fingerprint density at radius 2 is 1.88 bits per heavy atom. The van der Waals surface area contributed by atoms with Crippen molar-refractivity contribution >= 4 is 33.3 Å². The van der Waals surface area contributed by atoms with Gasteiger partial charge in [-0.3, -0.25) is 9.55 Å². The number of halogens is 1. The lowest BCUT2D eigenvalue weighted by Crippen LogP contribution is -1.94. The normalized spacial score (nSPS) is 11.4. The van der Waals surface area contributed by atoms with Crippen LogP contribution in [0.2, 0.25) is 0 Å². The van der Waals surface area contributed by atoms with Crippen LogP contribution < -0.4 is 0 Å². The number of rotatable bonds is 2. The third kappa shape index (κ3) is 2.32. The minimum absolute atomic E-state index is 0.267. The van der Waals surface area contributed by atoms with Crippen LogP contribution in [-0.2, 0) is 0 Å². The van der Waals surface area contributed by atoms with Crippen LogP contribution in [0.1, 0.15) is 0 Å². The van der Waals surface area contributed by atoms with E-state index in [0.717, 1.165) is 33.2 Å². The van der Waals surface area contributed by atoms with Crippen LogP contribution in [0.15, 0.2) is 72.5 Å². The second-order valence-corrected chi connectivity index (χ2v) is 6.74. The zero-order chi connectivity index (χ0) is 16.8. The van der Waals surface area contributed by atoms with Crippen LogP contribution in [-0.4, -0.2) is 14.5 Å². The third-order valence-electron chi connectivity index (χ3n) is 4.27. The van der Waals surface area contributed by atoms with Gasteiger partial charge in [0.25, 0.3) is 0 Å². The van der Waals surface area contributed by atoms with E-state index in [0.29, 0.717) is 0 Å². The summed E-state index contributed by atoms with van der Waals surface area (Å²) in [4.78, 5) is 10.2. The fraction of sp³-hybridized carbons (Fsp3) is 0. The summed E-state index contributed by atoms with van der Waals surface area (Å²) < 4.78 is 15.6. The third-order valence-corrected chi connectivity index (χ3v) is 5.18. The van der Waals surface area contributed by atoms with Gasteiger partial charge in [0, 0.05) is 10.3 Å². The van der Waals surface area contributed by atoms with E-state index in [1.54, 1.807) is 29.9 Å². The van der Waals surface area contributed by atoms with Crippen LogP contribution in [0.3, 0.4) is 0 Å². The molecule has 25 heavy (non-hydrogen) atoms. The average Bonchev–Trinajstić information content (AvgIpc) is 3.31. The minimum Gasteiger partial charge on any atom is -0.298 e. The van der Waals surface area contributed by atoms with Gasteiger partial charge in [-0.2, -0.15) is 0 Å². The second-order valence-electron chi connectivity index (χ2n) is 5.80. The first-order valence-electron chi connectivity index (χ1n) is 7.85. The standard InChI is InChI=1S/C20H12FN3S/c21-14-3-1-4-15(10-14)24-12-23-18-11-22-17-7-6-13(9-16(17)20(18)24)19-5-2-8-25-19/h1-12H. The van der Waals surface area contributed by atoms with Gasteiger partial charge in [0.1, 0.15) is 17.7 Å². The lowest BCUT2D eigenvalue weighted by molar-refractivity contribution is 0.627. The molecule has 0 amide bonds. The van der Waals surface area contributed by atoms with E-state index in [4.69, 9.17) is 0 Å². The number of nitrogens with zero attached hydrogens (tertiary/aromatic N) is 3. The Hall–Kier alpha value is -3.05. The van der Waals surface area contributed by atoms with Crippen LogP contribution in [0.25, 0.3) is 38.1 Å². The van der Waals surface area contributed by atoms with Crippen molar-refractivity contribution in [3.05, 3.63) is 78.3 Å². The summed E-state index contributed by atoms with van der Waals surface area (Å²) >= 11 is 1.70. The molecule has 5 rings (SSSR count). The molecule has 5 aromatic rings. The molecule has 0 saturated heterocycles. The Bertz CT molecular complexity index is 1210. The zero-order valence-corrected chi connectivity index (χ0v) is 13.9. The van der Waals surface area contributed by atoms with Gasteiger partial charge in [-0.05, 0) is 47.3 Å². The predicted molar refractivity (Wildman–Crippen MR) is 99.6 cm³/mol. The molecule has 0 aliphatic carbocycles. The Kier molecular flexibility index (Phi) is 3.15. The van der Waals surface area contributed by atoms with E-state index in [1.165, 1.54) is 17.0 Å².